The number of hydrogen-bond acceptors (Lipinski definition) is 7. The number of β-amino-alcohol motifs (C(OH)–C–C–N with tert-alkyl or cyclic N) is 1. The van der Waals surface area contributed by atoms with E-state index in [-0.39, 0.29) is 30.7 Å². The van der Waals surface area contributed by atoms with E-state index < -0.39 is 18.2 Å². The smallest absolute Gasteiger partial charge is 0.247 e. The Morgan fingerprint density at radius 3 is 2.72 bits per heavy atom. The number of rotatable bonds is 6. The van der Waals surface area contributed by atoms with Crippen molar-refractivity contribution in [3.63, 3.8) is 0 Å². The van der Waals surface area contributed by atoms with Crippen LogP contribution in [0.15, 0.2) is 29.0 Å². The first kappa shape index (κ1) is 21.2. The maximum atomic E-state index is 13.6. The van der Waals surface area contributed by atoms with Crippen LogP contribution in [-0.4, -0.2) is 58.6 Å². The van der Waals surface area contributed by atoms with Crippen molar-refractivity contribution < 1.29 is 19.1 Å². The first-order valence-corrected chi connectivity index (χ1v) is 10.2. The number of carbonyl (C=O) groups is 2. The van der Waals surface area contributed by atoms with E-state index in [2.05, 4.69) is 5.32 Å². The average molecular weight is 405 g/mol. The summed E-state index contributed by atoms with van der Waals surface area (Å²) < 4.78 is 5.30. The molecule has 2 amide bonds. The minimum Gasteiger partial charge on any atom is -0.463 e. The molecule has 1 aliphatic carbocycles. The van der Waals surface area contributed by atoms with Crippen LogP contribution in [0.1, 0.15) is 44.3 Å². The van der Waals surface area contributed by atoms with Crippen LogP contribution in [0.4, 0.5) is 0 Å². The molecule has 1 saturated carbocycles. The Balaban J connectivity index is 1.87. The van der Waals surface area contributed by atoms with Crippen LogP contribution < -0.4 is 16.9 Å². The Hall–Kier alpha value is -2.52. The van der Waals surface area contributed by atoms with Crippen molar-refractivity contribution in [1.82, 2.24) is 15.2 Å². The molecule has 0 radical (unpaired) electrons. The van der Waals surface area contributed by atoms with E-state index in [4.69, 9.17) is 16.0 Å². The molecule has 3 unspecified atom stereocenters. The highest BCUT2D eigenvalue weighted by Gasteiger charge is 2.44. The Kier molecular flexibility index (Phi) is 6.81. The predicted molar refractivity (Wildman–Crippen MR) is 107 cm³/mol. The van der Waals surface area contributed by atoms with Crippen LogP contribution in [0.5, 0.6) is 0 Å². The third-order valence-corrected chi connectivity index (χ3v) is 5.88. The Bertz CT molecular complexity index is 729. The summed E-state index contributed by atoms with van der Waals surface area (Å²) in [4.78, 5) is 27.3. The third-order valence-electron chi connectivity index (χ3n) is 5.88. The van der Waals surface area contributed by atoms with Gasteiger partial charge in [-0.3, -0.25) is 9.59 Å². The molecule has 0 aromatic carbocycles. The van der Waals surface area contributed by atoms with E-state index in [0.29, 0.717) is 11.5 Å². The van der Waals surface area contributed by atoms with Crippen molar-refractivity contribution in [3.05, 3.63) is 30.4 Å². The number of aliphatic hydroxyl groups is 1. The number of likely N-dealkylation sites (N-methyl/N-ethyl adjacent to an activating group) is 1. The molecule has 0 spiro atoms. The normalized spacial score (nSPS) is 24.4. The highest BCUT2D eigenvalue weighted by atomic mass is 16.3. The molecule has 160 valence electrons. The molecule has 2 heterocycles. The Labute approximate surface area is 170 Å². The van der Waals surface area contributed by atoms with Gasteiger partial charge < -0.3 is 30.5 Å². The minimum atomic E-state index is -0.733. The number of nitrogens with two attached hydrogens (primary N) is 2. The quantitative estimate of drug-likeness (QED) is 0.396. The van der Waals surface area contributed by atoms with Crippen LogP contribution >= 0.6 is 0 Å². The summed E-state index contributed by atoms with van der Waals surface area (Å²) in [6.07, 6.45) is 7.45. The summed E-state index contributed by atoms with van der Waals surface area (Å²) >= 11 is 0. The van der Waals surface area contributed by atoms with Crippen LogP contribution in [0.2, 0.25) is 0 Å². The van der Waals surface area contributed by atoms with E-state index in [9.17, 15) is 14.7 Å². The van der Waals surface area contributed by atoms with Gasteiger partial charge in [-0.05, 0) is 30.9 Å². The van der Waals surface area contributed by atoms with Crippen molar-refractivity contribution in [3.8, 4) is 0 Å². The molecule has 2 aliphatic rings. The maximum Gasteiger partial charge on any atom is 0.247 e. The van der Waals surface area contributed by atoms with Gasteiger partial charge in [0.05, 0.1) is 18.1 Å². The summed E-state index contributed by atoms with van der Waals surface area (Å²) in [5, 5.41) is 14.0. The lowest BCUT2D eigenvalue weighted by molar-refractivity contribution is -0.144. The molecule has 29 heavy (non-hydrogen) atoms. The number of nitrogens with one attached hydrogen (secondary N) is 1. The van der Waals surface area contributed by atoms with Crippen molar-refractivity contribution in [2.75, 3.05) is 13.6 Å². The number of likely N-dealkylation sites (tertiary alicyclic amines) is 1. The number of nitrogens with zero attached hydrogens (tertiary/aromatic N) is 2. The van der Waals surface area contributed by atoms with Gasteiger partial charge in [-0.1, -0.05) is 19.3 Å². The number of aliphatic hydroxyl groups excluding tert-OH is 1. The molecule has 1 aliphatic heterocycles. The van der Waals surface area contributed by atoms with E-state index in [1.165, 1.54) is 29.4 Å². The molecule has 2 fully saturated rings. The number of furan rings is 1. The first-order valence-electron chi connectivity index (χ1n) is 10.2. The summed E-state index contributed by atoms with van der Waals surface area (Å²) in [7, 11) is 1.52. The molecule has 1 aromatic rings. The lowest BCUT2D eigenvalue weighted by Gasteiger charge is -2.38. The summed E-state index contributed by atoms with van der Waals surface area (Å²) in [6.45, 7) is 0.116. The van der Waals surface area contributed by atoms with Crippen LogP contribution in [0.3, 0.4) is 0 Å². The zero-order valence-corrected chi connectivity index (χ0v) is 16.8. The van der Waals surface area contributed by atoms with Gasteiger partial charge in [-0.25, -0.2) is 5.84 Å². The average Bonchev–Trinajstić information content (AvgIpc) is 3.38. The van der Waals surface area contributed by atoms with E-state index in [0.717, 1.165) is 32.1 Å². The third kappa shape index (κ3) is 4.73. The maximum absolute atomic E-state index is 13.6. The van der Waals surface area contributed by atoms with Gasteiger partial charge >= 0.3 is 0 Å². The van der Waals surface area contributed by atoms with E-state index >= 15 is 0 Å². The molecule has 3 rings (SSSR count). The number of hydrogen-bond donors (Lipinski definition) is 4. The molecule has 3 atom stereocenters. The molecule has 6 N–H and O–H groups in total. The zero-order valence-electron chi connectivity index (χ0n) is 16.8. The standard InChI is InChI=1S/C20H31N5O4/c1-23-19(27)16-10-14(26)11-24(16)20(28)18(13-6-3-2-4-7-13)25(22)12-15(21)17-8-5-9-29-17/h5,8-9,12-14,16,18,26H,2-4,6-7,10-11,21-22H2,1H3,(H,23,27)/b15-12-. The second-order valence-corrected chi connectivity index (χ2v) is 7.86. The Morgan fingerprint density at radius 1 is 1.38 bits per heavy atom. The van der Waals surface area contributed by atoms with Gasteiger partial charge in [0.25, 0.3) is 0 Å². The van der Waals surface area contributed by atoms with Crippen LogP contribution in [0, 0.1) is 5.92 Å². The Morgan fingerprint density at radius 2 is 2.10 bits per heavy atom. The van der Waals surface area contributed by atoms with Crippen molar-refractivity contribution in [1.29, 1.82) is 0 Å². The summed E-state index contributed by atoms with van der Waals surface area (Å²) in [6, 6.07) is 2.07. The van der Waals surface area contributed by atoms with Gasteiger partial charge in [-0.2, -0.15) is 0 Å². The van der Waals surface area contributed by atoms with Gasteiger partial charge in [0.2, 0.25) is 11.8 Å². The lowest BCUT2D eigenvalue weighted by Crippen LogP contribution is -2.56. The van der Waals surface area contributed by atoms with Crippen LogP contribution in [-0.2, 0) is 9.59 Å². The fourth-order valence-electron chi connectivity index (χ4n) is 4.41. The first-order chi connectivity index (χ1) is 13.9. The monoisotopic (exact) mass is 405 g/mol. The van der Waals surface area contributed by atoms with Crippen molar-refractivity contribution in [2.24, 2.45) is 17.5 Å². The molecule has 9 nitrogen and oxygen atoms in total. The molecule has 1 saturated heterocycles. The van der Waals surface area contributed by atoms with Crippen molar-refractivity contribution in [2.45, 2.75) is 56.7 Å². The minimum absolute atomic E-state index is 0.0463. The number of amides is 2. The lowest BCUT2D eigenvalue weighted by atomic mass is 9.83. The molecule has 9 heteroatoms. The summed E-state index contributed by atoms with van der Waals surface area (Å²) in [5.41, 5.74) is 6.41. The number of hydrazine groups is 1. The fraction of sp³-hybridized carbons (Fsp3) is 0.600. The molecular weight excluding hydrogens is 374 g/mol. The molecule has 1 aromatic heterocycles. The highest BCUT2D eigenvalue weighted by molar-refractivity contribution is 5.90. The highest BCUT2D eigenvalue weighted by Crippen LogP contribution is 2.31. The van der Waals surface area contributed by atoms with Crippen LogP contribution in [0.25, 0.3) is 5.70 Å². The second-order valence-electron chi connectivity index (χ2n) is 7.86. The van der Waals surface area contributed by atoms with E-state index in [1.807, 2.05) is 0 Å². The topological polar surface area (TPSA) is 138 Å². The molecule has 0 bridgehead atoms. The SMILES string of the molecule is CNC(=O)C1CC(O)CN1C(=O)C(C1CCCCC1)N(N)/C=C(\N)c1ccco1. The predicted octanol–water partition coefficient (Wildman–Crippen LogP) is 0.369. The largest absolute Gasteiger partial charge is 0.463 e. The second kappa shape index (κ2) is 9.32. The van der Waals surface area contributed by atoms with Gasteiger partial charge in [0, 0.05) is 26.2 Å². The van der Waals surface area contributed by atoms with Crippen molar-refractivity contribution >= 4 is 17.5 Å². The number of carbonyl (C=O) groups excluding carboxylic acids is 2. The zero-order chi connectivity index (χ0) is 21.0. The van der Waals surface area contributed by atoms with E-state index in [1.54, 1.807) is 12.1 Å². The van der Waals surface area contributed by atoms with Gasteiger partial charge in [0.1, 0.15) is 12.1 Å². The molecular formula is C20H31N5O4. The van der Waals surface area contributed by atoms with Gasteiger partial charge in [0.15, 0.2) is 5.76 Å². The fourth-order valence-corrected chi connectivity index (χ4v) is 4.41. The summed E-state index contributed by atoms with van der Waals surface area (Å²) in [5.74, 6) is 6.31. The van der Waals surface area contributed by atoms with Gasteiger partial charge in [-0.15, -0.1) is 0 Å².